The molecule has 1 fully saturated rings. The van der Waals surface area contributed by atoms with Crippen LogP contribution in [0, 0.1) is 6.92 Å². The molecule has 1 aromatic rings. The maximum absolute atomic E-state index is 11.6. The Kier molecular flexibility index (Phi) is 4.48. The van der Waals surface area contributed by atoms with E-state index < -0.39 is 0 Å². The van der Waals surface area contributed by atoms with Gasteiger partial charge in [-0.2, -0.15) is 0 Å². The highest BCUT2D eigenvalue weighted by molar-refractivity contribution is 7.99. The molecule has 0 atom stereocenters. The Morgan fingerprint density at radius 2 is 2.35 bits per heavy atom. The fraction of sp³-hybridized carbons (Fsp3) is 0.667. The molecule has 1 heterocycles. The van der Waals surface area contributed by atoms with Gasteiger partial charge in [0.05, 0.1) is 17.2 Å². The van der Waals surface area contributed by atoms with E-state index in [0.717, 1.165) is 24.3 Å². The molecule has 0 unspecified atom stereocenters. The summed E-state index contributed by atoms with van der Waals surface area (Å²) in [4.78, 5) is 11.6. The van der Waals surface area contributed by atoms with E-state index in [0.29, 0.717) is 17.5 Å². The first-order valence-corrected chi connectivity index (χ1v) is 7.19. The van der Waals surface area contributed by atoms with Gasteiger partial charge in [0.2, 0.25) is 5.91 Å². The molecule has 0 radical (unpaired) electrons. The summed E-state index contributed by atoms with van der Waals surface area (Å²) in [6.45, 7) is 1.89. The molecule has 0 bridgehead atoms. The number of aromatic nitrogens is 1. The first-order valence-electron chi connectivity index (χ1n) is 6.03. The Morgan fingerprint density at radius 1 is 1.59 bits per heavy atom. The zero-order valence-corrected chi connectivity index (χ0v) is 10.9. The van der Waals surface area contributed by atoms with Crippen LogP contribution in [0.2, 0.25) is 0 Å². The third-order valence-corrected chi connectivity index (χ3v) is 3.83. The first kappa shape index (κ1) is 12.5. The van der Waals surface area contributed by atoms with Crippen LogP contribution in [0.15, 0.2) is 10.6 Å². The fourth-order valence-electron chi connectivity index (χ4n) is 2.07. The van der Waals surface area contributed by atoms with Crippen LogP contribution in [-0.2, 0) is 10.5 Å². The van der Waals surface area contributed by atoms with Gasteiger partial charge in [-0.15, -0.1) is 11.8 Å². The van der Waals surface area contributed by atoms with Gasteiger partial charge in [0, 0.05) is 12.1 Å². The lowest BCUT2D eigenvalue weighted by Crippen LogP contribution is -2.33. The number of thioether (sulfide) groups is 1. The number of nitrogens with one attached hydrogen (secondary N) is 1. The summed E-state index contributed by atoms with van der Waals surface area (Å²) in [7, 11) is 0. The third-order valence-electron chi connectivity index (χ3n) is 2.87. The number of amides is 1. The van der Waals surface area contributed by atoms with E-state index in [1.54, 1.807) is 11.8 Å². The monoisotopic (exact) mass is 254 g/mol. The molecular weight excluding hydrogens is 236 g/mol. The molecule has 1 amide bonds. The lowest BCUT2D eigenvalue weighted by atomic mass is 10.2. The fourth-order valence-corrected chi connectivity index (χ4v) is 2.78. The van der Waals surface area contributed by atoms with Crippen LogP contribution >= 0.6 is 11.8 Å². The quantitative estimate of drug-likeness (QED) is 0.875. The average molecular weight is 254 g/mol. The Labute approximate surface area is 106 Å². The minimum absolute atomic E-state index is 0.137. The summed E-state index contributed by atoms with van der Waals surface area (Å²) >= 11 is 1.57. The molecule has 1 N–H and O–H groups in total. The molecule has 0 saturated heterocycles. The lowest BCUT2D eigenvalue weighted by molar-refractivity contribution is -0.119. The SMILES string of the molecule is Cc1cc(CSCC(=O)NC2CCCC2)on1. The molecule has 0 aromatic carbocycles. The van der Waals surface area contributed by atoms with Gasteiger partial charge in [0.25, 0.3) is 0 Å². The molecule has 1 aliphatic rings. The topological polar surface area (TPSA) is 55.1 Å². The van der Waals surface area contributed by atoms with Gasteiger partial charge in [-0.3, -0.25) is 4.79 Å². The summed E-state index contributed by atoms with van der Waals surface area (Å²) in [5, 5.41) is 6.87. The Morgan fingerprint density at radius 3 is 3.00 bits per heavy atom. The molecule has 0 aliphatic heterocycles. The van der Waals surface area contributed by atoms with Gasteiger partial charge in [0.15, 0.2) is 0 Å². The van der Waals surface area contributed by atoms with Crippen LogP contribution in [0.25, 0.3) is 0 Å². The number of carbonyl (C=O) groups excluding carboxylic acids is 1. The molecule has 1 saturated carbocycles. The molecule has 1 aromatic heterocycles. The molecule has 5 heteroatoms. The van der Waals surface area contributed by atoms with E-state index in [4.69, 9.17) is 4.52 Å². The van der Waals surface area contributed by atoms with Crippen molar-refractivity contribution in [3.63, 3.8) is 0 Å². The van der Waals surface area contributed by atoms with Crippen molar-refractivity contribution in [1.29, 1.82) is 0 Å². The number of aryl methyl sites for hydroxylation is 1. The molecule has 17 heavy (non-hydrogen) atoms. The highest BCUT2D eigenvalue weighted by Crippen LogP contribution is 2.18. The van der Waals surface area contributed by atoms with Crippen molar-refractivity contribution in [3.05, 3.63) is 17.5 Å². The Hall–Kier alpha value is -0.970. The van der Waals surface area contributed by atoms with Crippen LogP contribution in [0.1, 0.15) is 37.1 Å². The van der Waals surface area contributed by atoms with Crippen LogP contribution in [-0.4, -0.2) is 22.9 Å². The Bertz CT molecular complexity index is 372. The van der Waals surface area contributed by atoms with Gasteiger partial charge < -0.3 is 9.84 Å². The minimum Gasteiger partial charge on any atom is -0.360 e. The molecule has 0 spiro atoms. The van der Waals surface area contributed by atoms with Gasteiger partial charge in [-0.1, -0.05) is 18.0 Å². The summed E-state index contributed by atoms with van der Waals surface area (Å²) in [6.07, 6.45) is 4.76. The van der Waals surface area contributed by atoms with E-state index in [1.165, 1.54) is 12.8 Å². The number of rotatable bonds is 5. The second kappa shape index (κ2) is 6.10. The van der Waals surface area contributed by atoms with Gasteiger partial charge in [0.1, 0.15) is 5.76 Å². The first-order chi connectivity index (χ1) is 8.24. The van der Waals surface area contributed by atoms with E-state index in [9.17, 15) is 4.79 Å². The van der Waals surface area contributed by atoms with Gasteiger partial charge in [-0.25, -0.2) is 0 Å². The van der Waals surface area contributed by atoms with E-state index in [-0.39, 0.29) is 5.91 Å². The maximum atomic E-state index is 11.6. The zero-order valence-electron chi connectivity index (χ0n) is 10.1. The van der Waals surface area contributed by atoms with E-state index >= 15 is 0 Å². The third kappa shape index (κ3) is 4.07. The zero-order chi connectivity index (χ0) is 12.1. The highest BCUT2D eigenvalue weighted by atomic mass is 32.2. The van der Waals surface area contributed by atoms with E-state index in [2.05, 4.69) is 10.5 Å². The normalized spacial score (nSPS) is 16.3. The summed E-state index contributed by atoms with van der Waals surface area (Å²) in [5.74, 6) is 2.18. The number of nitrogens with zero attached hydrogens (tertiary/aromatic N) is 1. The lowest BCUT2D eigenvalue weighted by Gasteiger charge is -2.10. The van der Waals surface area contributed by atoms with Crippen molar-refractivity contribution in [2.45, 2.75) is 44.4 Å². The van der Waals surface area contributed by atoms with Crippen molar-refractivity contribution in [1.82, 2.24) is 10.5 Å². The van der Waals surface area contributed by atoms with Crippen molar-refractivity contribution in [2.24, 2.45) is 0 Å². The number of hydrogen-bond donors (Lipinski definition) is 1. The van der Waals surface area contributed by atoms with Crippen molar-refractivity contribution >= 4 is 17.7 Å². The van der Waals surface area contributed by atoms with Crippen LogP contribution in [0.4, 0.5) is 0 Å². The van der Waals surface area contributed by atoms with Crippen LogP contribution in [0.3, 0.4) is 0 Å². The van der Waals surface area contributed by atoms with Gasteiger partial charge in [-0.05, 0) is 19.8 Å². The smallest absolute Gasteiger partial charge is 0.230 e. The number of carbonyl (C=O) groups is 1. The Balaban J connectivity index is 1.62. The summed E-state index contributed by atoms with van der Waals surface area (Å²) in [6, 6.07) is 2.32. The van der Waals surface area contributed by atoms with Gasteiger partial charge >= 0.3 is 0 Å². The van der Waals surface area contributed by atoms with Crippen molar-refractivity contribution < 1.29 is 9.32 Å². The van der Waals surface area contributed by atoms with E-state index in [1.807, 2.05) is 13.0 Å². The van der Waals surface area contributed by atoms with Crippen molar-refractivity contribution in [3.8, 4) is 0 Å². The molecule has 4 nitrogen and oxygen atoms in total. The predicted molar refractivity (Wildman–Crippen MR) is 67.8 cm³/mol. The van der Waals surface area contributed by atoms with Crippen molar-refractivity contribution in [2.75, 3.05) is 5.75 Å². The number of hydrogen-bond acceptors (Lipinski definition) is 4. The summed E-state index contributed by atoms with van der Waals surface area (Å²) in [5.41, 5.74) is 0.885. The highest BCUT2D eigenvalue weighted by Gasteiger charge is 2.16. The van der Waals surface area contributed by atoms with Crippen LogP contribution in [0.5, 0.6) is 0 Å². The predicted octanol–water partition coefficient (Wildman–Crippen LogP) is 2.28. The largest absolute Gasteiger partial charge is 0.360 e. The molecule has 2 rings (SSSR count). The molecular formula is C12H18N2O2S. The second-order valence-electron chi connectivity index (χ2n) is 4.48. The minimum atomic E-state index is 0.137. The standard InChI is InChI=1S/C12H18N2O2S/c1-9-6-11(16-14-9)7-17-8-12(15)13-10-4-2-3-5-10/h6,10H,2-5,7-8H2,1H3,(H,13,15). The second-order valence-corrected chi connectivity index (χ2v) is 5.46. The maximum Gasteiger partial charge on any atom is 0.230 e. The summed E-state index contributed by atoms with van der Waals surface area (Å²) < 4.78 is 5.08. The average Bonchev–Trinajstić information content (AvgIpc) is 2.90. The molecule has 1 aliphatic carbocycles. The molecule has 94 valence electrons. The van der Waals surface area contributed by atoms with Crippen LogP contribution < -0.4 is 5.32 Å².